The molecule has 16 heavy (non-hydrogen) atoms. The Morgan fingerprint density at radius 2 is 1.19 bits per heavy atom. The van der Waals surface area contributed by atoms with Crippen molar-refractivity contribution in [2.75, 3.05) is 6.16 Å². The van der Waals surface area contributed by atoms with Crippen molar-refractivity contribution >= 4 is 17.8 Å². The van der Waals surface area contributed by atoms with Gasteiger partial charge in [-0.3, -0.25) is 0 Å². The van der Waals surface area contributed by atoms with Gasteiger partial charge in [0.05, 0.1) is 0 Å². The maximum atomic E-state index is 12.9. The molecule has 2 rings (SSSR count). The number of rotatable bonds is 3. The van der Waals surface area contributed by atoms with E-state index in [1.807, 2.05) is 60.7 Å². The van der Waals surface area contributed by atoms with Gasteiger partial charge in [0, 0.05) is 16.8 Å². The van der Waals surface area contributed by atoms with Crippen molar-refractivity contribution < 1.29 is 4.57 Å². The van der Waals surface area contributed by atoms with E-state index >= 15 is 0 Å². The Labute approximate surface area is 96.5 Å². The zero-order valence-electron chi connectivity index (χ0n) is 9.04. The summed E-state index contributed by atoms with van der Waals surface area (Å²) in [5, 5.41) is 1.77. The molecule has 0 saturated heterocycles. The molecule has 0 aliphatic heterocycles. The zero-order valence-corrected chi connectivity index (χ0v) is 9.94. The van der Waals surface area contributed by atoms with E-state index in [1.54, 1.807) is 0 Å². The summed E-state index contributed by atoms with van der Waals surface area (Å²) < 4.78 is 12.9. The second kappa shape index (κ2) is 4.67. The zero-order chi connectivity index (χ0) is 11.4. The van der Waals surface area contributed by atoms with Crippen LogP contribution in [0.15, 0.2) is 60.7 Å². The van der Waals surface area contributed by atoms with Crippen molar-refractivity contribution in [1.82, 2.24) is 0 Å². The Balaban J connectivity index is 2.54. The summed E-state index contributed by atoms with van der Waals surface area (Å²) >= 11 is 0. The topological polar surface area (TPSA) is 17.1 Å². The van der Waals surface area contributed by atoms with Crippen LogP contribution >= 0.6 is 7.14 Å². The molecule has 0 bridgehead atoms. The summed E-state index contributed by atoms with van der Waals surface area (Å²) in [4.78, 5) is 0. The van der Waals surface area contributed by atoms with E-state index in [4.69, 9.17) is 0 Å². The third-order valence-electron chi connectivity index (χ3n) is 2.66. The molecule has 0 spiro atoms. The van der Waals surface area contributed by atoms with E-state index in [1.165, 1.54) is 0 Å². The maximum Gasteiger partial charge on any atom is 0.143 e. The minimum Gasteiger partial charge on any atom is -0.314 e. The van der Waals surface area contributed by atoms with Crippen LogP contribution in [0.25, 0.3) is 0 Å². The van der Waals surface area contributed by atoms with Gasteiger partial charge in [-0.25, -0.2) is 0 Å². The molecule has 2 aromatic rings. The van der Waals surface area contributed by atoms with Crippen LogP contribution in [-0.4, -0.2) is 6.16 Å². The fourth-order valence-electron chi connectivity index (χ4n) is 1.74. The van der Waals surface area contributed by atoms with Crippen LogP contribution < -0.4 is 10.6 Å². The first-order chi connectivity index (χ1) is 7.77. The molecular formula is C14H14OP. The summed E-state index contributed by atoms with van der Waals surface area (Å²) in [6.45, 7) is 3.85. The molecule has 0 fully saturated rings. The fraction of sp³-hybridized carbons (Fsp3) is 0.0714. The lowest BCUT2D eigenvalue weighted by Crippen LogP contribution is -2.17. The standard InChI is InChI=1S/C14H14OP/c1-2-16(15,13-9-5-3-6-10-13)14-11-7-4-8-12-14/h3-12H,1-2H2. The quantitative estimate of drug-likeness (QED) is 0.740. The van der Waals surface area contributed by atoms with Crippen LogP contribution in [0.1, 0.15) is 0 Å². The molecule has 0 aliphatic rings. The predicted octanol–water partition coefficient (Wildman–Crippen LogP) is 2.83. The maximum absolute atomic E-state index is 12.9. The van der Waals surface area contributed by atoms with Gasteiger partial charge in [-0.2, -0.15) is 0 Å². The SMILES string of the molecule is [CH2]CP(=O)(c1ccccc1)c1ccccc1. The summed E-state index contributed by atoms with van der Waals surface area (Å²) in [6.07, 6.45) is 0.418. The molecule has 0 aliphatic carbocycles. The minimum atomic E-state index is -2.52. The van der Waals surface area contributed by atoms with Gasteiger partial charge in [0.15, 0.2) is 0 Å². The number of benzene rings is 2. The lowest BCUT2D eigenvalue weighted by Gasteiger charge is -2.16. The lowest BCUT2D eigenvalue weighted by atomic mass is 10.4. The highest BCUT2D eigenvalue weighted by molar-refractivity contribution is 7.78. The molecule has 0 unspecified atom stereocenters. The van der Waals surface area contributed by atoms with Gasteiger partial charge in [0.1, 0.15) is 7.14 Å². The lowest BCUT2D eigenvalue weighted by molar-refractivity contribution is 0.588. The summed E-state index contributed by atoms with van der Waals surface area (Å²) in [6, 6.07) is 19.2. The largest absolute Gasteiger partial charge is 0.314 e. The van der Waals surface area contributed by atoms with Crippen LogP contribution in [0.5, 0.6) is 0 Å². The minimum absolute atomic E-state index is 0.418. The normalized spacial score (nSPS) is 11.3. The van der Waals surface area contributed by atoms with Gasteiger partial charge < -0.3 is 4.57 Å². The molecule has 1 nitrogen and oxygen atoms in total. The second-order valence-corrected chi connectivity index (χ2v) is 6.59. The van der Waals surface area contributed by atoms with E-state index in [2.05, 4.69) is 6.92 Å². The molecular weight excluding hydrogens is 215 g/mol. The summed E-state index contributed by atoms with van der Waals surface area (Å²) in [5.41, 5.74) is 0. The molecule has 0 saturated carbocycles. The van der Waals surface area contributed by atoms with Gasteiger partial charge in [0.25, 0.3) is 0 Å². The molecule has 0 amide bonds. The average molecular weight is 229 g/mol. The van der Waals surface area contributed by atoms with Crippen molar-refractivity contribution in [1.29, 1.82) is 0 Å². The van der Waals surface area contributed by atoms with Crippen LogP contribution in [-0.2, 0) is 4.57 Å². The third kappa shape index (κ3) is 1.96. The number of hydrogen-bond donors (Lipinski definition) is 0. The monoisotopic (exact) mass is 229 g/mol. The molecule has 0 N–H and O–H groups in total. The van der Waals surface area contributed by atoms with Crippen LogP contribution in [0, 0.1) is 6.92 Å². The van der Waals surface area contributed by atoms with Crippen LogP contribution in [0.3, 0.4) is 0 Å². The Kier molecular flexibility index (Phi) is 3.26. The number of hydrogen-bond acceptors (Lipinski definition) is 1. The van der Waals surface area contributed by atoms with E-state index in [0.717, 1.165) is 10.6 Å². The second-order valence-electron chi connectivity index (χ2n) is 3.63. The Bertz CT molecular complexity index is 447. The van der Waals surface area contributed by atoms with E-state index in [0.29, 0.717) is 6.16 Å². The van der Waals surface area contributed by atoms with Gasteiger partial charge >= 0.3 is 0 Å². The Morgan fingerprint density at radius 3 is 1.50 bits per heavy atom. The van der Waals surface area contributed by atoms with E-state index < -0.39 is 7.14 Å². The van der Waals surface area contributed by atoms with Crippen molar-refractivity contribution in [2.24, 2.45) is 0 Å². The summed E-state index contributed by atoms with van der Waals surface area (Å²) in [7, 11) is -2.52. The molecule has 1 radical (unpaired) electrons. The first-order valence-electron chi connectivity index (χ1n) is 5.27. The van der Waals surface area contributed by atoms with Crippen molar-refractivity contribution in [3.8, 4) is 0 Å². The van der Waals surface area contributed by atoms with Gasteiger partial charge in [0.2, 0.25) is 0 Å². The summed E-state index contributed by atoms with van der Waals surface area (Å²) in [5.74, 6) is 0. The highest BCUT2D eigenvalue weighted by Gasteiger charge is 2.24. The van der Waals surface area contributed by atoms with E-state index in [-0.39, 0.29) is 0 Å². The Morgan fingerprint density at radius 1 is 0.812 bits per heavy atom. The van der Waals surface area contributed by atoms with Crippen molar-refractivity contribution in [3.63, 3.8) is 0 Å². The molecule has 0 aromatic heterocycles. The van der Waals surface area contributed by atoms with Crippen LogP contribution in [0.4, 0.5) is 0 Å². The van der Waals surface area contributed by atoms with Gasteiger partial charge in [-0.05, 0) is 6.92 Å². The van der Waals surface area contributed by atoms with Crippen molar-refractivity contribution in [2.45, 2.75) is 0 Å². The smallest absolute Gasteiger partial charge is 0.143 e. The molecule has 2 heteroatoms. The highest BCUT2D eigenvalue weighted by atomic mass is 31.2. The first kappa shape index (κ1) is 11.2. The van der Waals surface area contributed by atoms with Crippen LogP contribution in [0.2, 0.25) is 0 Å². The van der Waals surface area contributed by atoms with Crippen molar-refractivity contribution in [3.05, 3.63) is 67.6 Å². The first-order valence-corrected chi connectivity index (χ1v) is 7.16. The molecule has 81 valence electrons. The molecule has 0 atom stereocenters. The average Bonchev–Trinajstić information content (AvgIpc) is 2.40. The van der Waals surface area contributed by atoms with E-state index in [9.17, 15) is 4.57 Å². The Hall–Kier alpha value is -1.33. The third-order valence-corrected chi connectivity index (χ3v) is 5.56. The fourth-order valence-corrected chi connectivity index (χ4v) is 3.87. The predicted molar refractivity (Wildman–Crippen MR) is 70.0 cm³/mol. The molecule has 0 heterocycles. The van der Waals surface area contributed by atoms with Gasteiger partial charge in [-0.1, -0.05) is 60.7 Å². The highest BCUT2D eigenvalue weighted by Crippen LogP contribution is 2.42. The van der Waals surface area contributed by atoms with Gasteiger partial charge in [-0.15, -0.1) is 0 Å². The molecule has 2 aromatic carbocycles.